The molecule has 0 atom stereocenters. The summed E-state index contributed by atoms with van der Waals surface area (Å²) in [5.74, 6) is -5.02. The fourth-order valence-corrected chi connectivity index (χ4v) is 1.65. The van der Waals surface area contributed by atoms with Crippen molar-refractivity contribution >= 4 is 17.6 Å². The average Bonchev–Trinajstić information content (AvgIpc) is 2.43. The highest BCUT2D eigenvalue weighted by molar-refractivity contribution is 6.10. The first-order valence-corrected chi connectivity index (χ1v) is 5.85. The Morgan fingerprint density at radius 1 is 1.14 bits per heavy atom. The summed E-state index contributed by atoms with van der Waals surface area (Å²) in [6.07, 6.45) is 1.37. The molecule has 0 saturated carbocycles. The van der Waals surface area contributed by atoms with E-state index in [1.54, 1.807) is 19.1 Å². The number of carboxylic acid groups (broad SMARTS) is 1. The number of nitrogens with zero attached hydrogens (tertiary/aromatic N) is 1. The zero-order valence-corrected chi connectivity index (χ0v) is 10.9. The van der Waals surface area contributed by atoms with Crippen LogP contribution in [0.1, 0.15) is 26.4 Å². The summed E-state index contributed by atoms with van der Waals surface area (Å²) >= 11 is 0. The molecule has 1 heterocycles. The normalized spacial score (nSPS) is 10.2. The van der Waals surface area contributed by atoms with E-state index >= 15 is 0 Å². The molecule has 0 aliphatic heterocycles. The van der Waals surface area contributed by atoms with Crippen LogP contribution in [0.5, 0.6) is 0 Å². The van der Waals surface area contributed by atoms with Gasteiger partial charge < -0.3 is 10.4 Å². The van der Waals surface area contributed by atoms with Crippen molar-refractivity contribution in [3.05, 3.63) is 58.9 Å². The lowest BCUT2D eigenvalue weighted by molar-refractivity contribution is 0.0691. The number of aromatic nitrogens is 1. The predicted molar refractivity (Wildman–Crippen MR) is 70.2 cm³/mol. The average molecular weight is 292 g/mol. The highest BCUT2D eigenvalue weighted by Crippen LogP contribution is 2.17. The first-order valence-electron chi connectivity index (χ1n) is 5.85. The molecular weight excluding hydrogens is 282 g/mol. The lowest BCUT2D eigenvalue weighted by Gasteiger charge is -2.08. The summed E-state index contributed by atoms with van der Waals surface area (Å²) in [6, 6.07) is 4.22. The van der Waals surface area contributed by atoms with Crippen LogP contribution in [0, 0.1) is 18.6 Å². The molecule has 1 amide bonds. The minimum absolute atomic E-state index is 0.312. The highest BCUT2D eigenvalue weighted by Gasteiger charge is 2.20. The zero-order chi connectivity index (χ0) is 15.6. The molecule has 5 nitrogen and oxygen atoms in total. The molecule has 0 spiro atoms. The number of hydrogen-bond donors (Lipinski definition) is 2. The number of rotatable bonds is 3. The Morgan fingerprint density at radius 2 is 1.76 bits per heavy atom. The van der Waals surface area contributed by atoms with Crippen LogP contribution in [0.2, 0.25) is 0 Å². The van der Waals surface area contributed by atoms with Crippen LogP contribution in [0.25, 0.3) is 0 Å². The van der Waals surface area contributed by atoms with Crippen molar-refractivity contribution in [1.82, 2.24) is 4.98 Å². The van der Waals surface area contributed by atoms with Crippen molar-refractivity contribution in [2.45, 2.75) is 6.92 Å². The Hall–Kier alpha value is -2.83. The largest absolute Gasteiger partial charge is 0.478 e. The molecule has 2 aromatic rings. The second-order valence-electron chi connectivity index (χ2n) is 4.26. The van der Waals surface area contributed by atoms with Gasteiger partial charge in [-0.15, -0.1) is 0 Å². The highest BCUT2D eigenvalue weighted by atomic mass is 19.2. The molecule has 0 aliphatic carbocycles. The molecule has 1 aromatic heterocycles. The fourth-order valence-electron chi connectivity index (χ4n) is 1.65. The number of carbonyl (C=O) groups is 2. The van der Waals surface area contributed by atoms with E-state index in [0.717, 1.165) is 5.69 Å². The van der Waals surface area contributed by atoms with Crippen molar-refractivity contribution in [2.24, 2.45) is 0 Å². The molecule has 108 valence electrons. The van der Waals surface area contributed by atoms with E-state index in [0.29, 0.717) is 17.8 Å². The van der Waals surface area contributed by atoms with Crippen LogP contribution in [0.3, 0.4) is 0 Å². The smallest absolute Gasteiger partial charge is 0.336 e. The van der Waals surface area contributed by atoms with Gasteiger partial charge in [-0.25, -0.2) is 13.6 Å². The summed E-state index contributed by atoms with van der Waals surface area (Å²) < 4.78 is 26.3. The quantitative estimate of drug-likeness (QED) is 0.911. The Balaban J connectivity index is 2.36. The van der Waals surface area contributed by atoms with E-state index in [9.17, 15) is 18.4 Å². The number of hydrogen-bond acceptors (Lipinski definition) is 3. The molecule has 0 aliphatic rings. The van der Waals surface area contributed by atoms with Crippen LogP contribution in [0.15, 0.2) is 30.5 Å². The van der Waals surface area contributed by atoms with Gasteiger partial charge in [0.15, 0.2) is 11.6 Å². The summed E-state index contributed by atoms with van der Waals surface area (Å²) in [7, 11) is 0. The first kappa shape index (κ1) is 14.6. The van der Waals surface area contributed by atoms with Crippen LogP contribution >= 0.6 is 0 Å². The van der Waals surface area contributed by atoms with E-state index < -0.39 is 34.6 Å². The Kier molecular flexibility index (Phi) is 3.93. The second-order valence-corrected chi connectivity index (χ2v) is 4.26. The van der Waals surface area contributed by atoms with Crippen LogP contribution in [0.4, 0.5) is 14.5 Å². The SMILES string of the molecule is Cc1ccc(NC(=O)c2cc(F)c(F)cc2C(=O)O)cn1. The van der Waals surface area contributed by atoms with Crippen LogP contribution < -0.4 is 5.32 Å². The van der Waals surface area contributed by atoms with Gasteiger partial charge in [-0.2, -0.15) is 0 Å². The Bertz CT molecular complexity index is 715. The van der Waals surface area contributed by atoms with Gasteiger partial charge >= 0.3 is 5.97 Å². The van der Waals surface area contributed by atoms with Crippen molar-refractivity contribution in [2.75, 3.05) is 5.32 Å². The number of aryl methyl sites for hydroxylation is 1. The van der Waals surface area contributed by atoms with Gasteiger partial charge in [0.2, 0.25) is 0 Å². The van der Waals surface area contributed by atoms with E-state index in [-0.39, 0.29) is 0 Å². The van der Waals surface area contributed by atoms with Crippen LogP contribution in [-0.2, 0) is 0 Å². The number of benzene rings is 1. The molecule has 0 unspecified atom stereocenters. The van der Waals surface area contributed by atoms with Crippen molar-refractivity contribution in [3.8, 4) is 0 Å². The van der Waals surface area contributed by atoms with E-state index in [2.05, 4.69) is 10.3 Å². The van der Waals surface area contributed by atoms with E-state index in [1.807, 2.05) is 0 Å². The Morgan fingerprint density at radius 3 is 2.29 bits per heavy atom. The van der Waals surface area contributed by atoms with Gasteiger partial charge in [-0.3, -0.25) is 9.78 Å². The maximum absolute atomic E-state index is 13.2. The lowest BCUT2D eigenvalue weighted by Crippen LogP contribution is -2.17. The van der Waals surface area contributed by atoms with Gasteiger partial charge in [-0.1, -0.05) is 0 Å². The third kappa shape index (κ3) is 3.19. The second kappa shape index (κ2) is 5.66. The summed E-state index contributed by atoms with van der Waals surface area (Å²) in [4.78, 5) is 27.0. The molecule has 0 bridgehead atoms. The molecule has 1 aromatic carbocycles. The number of amides is 1. The fraction of sp³-hybridized carbons (Fsp3) is 0.0714. The number of nitrogens with one attached hydrogen (secondary N) is 1. The minimum Gasteiger partial charge on any atom is -0.478 e. The molecule has 21 heavy (non-hydrogen) atoms. The van der Waals surface area contributed by atoms with E-state index in [1.165, 1.54) is 6.20 Å². The lowest BCUT2D eigenvalue weighted by atomic mass is 10.1. The van der Waals surface area contributed by atoms with E-state index in [4.69, 9.17) is 5.11 Å². The maximum atomic E-state index is 13.2. The summed E-state index contributed by atoms with van der Waals surface area (Å²) in [5, 5.41) is 11.3. The summed E-state index contributed by atoms with van der Waals surface area (Å²) in [5.41, 5.74) is -0.0489. The monoisotopic (exact) mass is 292 g/mol. The molecule has 0 radical (unpaired) electrons. The number of anilines is 1. The molecule has 2 N–H and O–H groups in total. The standard InChI is InChI=1S/C14H10F2N2O3/c1-7-2-3-8(6-17-7)18-13(19)9-4-11(15)12(16)5-10(9)14(20)21/h2-6H,1H3,(H,18,19)(H,20,21). The maximum Gasteiger partial charge on any atom is 0.336 e. The molecule has 7 heteroatoms. The van der Waals surface area contributed by atoms with Gasteiger partial charge in [0.1, 0.15) is 0 Å². The van der Waals surface area contributed by atoms with Gasteiger partial charge in [0.05, 0.1) is 23.0 Å². The first-order chi connectivity index (χ1) is 9.88. The molecule has 2 rings (SSSR count). The van der Waals surface area contributed by atoms with Gasteiger partial charge in [-0.05, 0) is 31.2 Å². The molecular formula is C14H10F2N2O3. The van der Waals surface area contributed by atoms with Crippen LogP contribution in [-0.4, -0.2) is 22.0 Å². The number of pyridine rings is 1. The van der Waals surface area contributed by atoms with Gasteiger partial charge in [0.25, 0.3) is 5.91 Å². The zero-order valence-electron chi connectivity index (χ0n) is 10.9. The topological polar surface area (TPSA) is 79.3 Å². The number of aromatic carboxylic acids is 1. The number of carboxylic acids is 1. The van der Waals surface area contributed by atoms with Crippen molar-refractivity contribution in [1.29, 1.82) is 0 Å². The predicted octanol–water partition coefficient (Wildman–Crippen LogP) is 2.62. The third-order valence-electron chi connectivity index (χ3n) is 2.70. The van der Waals surface area contributed by atoms with Crippen molar-refractivity contribution in [3.63, 3.8) is 0 Å². The Labute approximate surface area is 118 Å². The molecule has 0 saturated heterocycles. The number of halogens is 2. The summed E-state index contributed by atoms with van der Waals surface area (Å²) in [6.45, 7) is 1.75. The minimum atomic E-state index is -1.53. The van der Waals surface area contributed by atoms with Crippen molar-refractivity contribution < 1.29 is 23.5 Å². The van der Waals surface area contributed by atoms with Gasteiger partial charge in [0, 0.05) is 5.69 Å². The third-order valence-corrected chi connectivity index (χ3v) is 2.70. The number of carbonyl (C=O) groups excluding carboxylic acids is 1. The molecule has 0 fully saturated rings.